The molecule has 1 aliphatic rings. The lowest BCUT2D eigenvalue weighted by atomic mass is 10.0. The molecule has 0 aliphatic carbocycles. The zero-order valence-corrected chi connectivity index (χ0v) is 19.8. The molecule has 0 aromatic heterocycles. The minimum atomic E-state index is -0.297. The first-order valence-corrected chi connectivity index (χ1v) is 11.7. The Morgan fingerprint density at radius 3 is 2.43 bits per heavy atom. The van der Waals surface area contributed by atoms with Crippen LogP contribution >= 0.6 is 0 Å². The molecule has 3 aromatic carbocycles. The zero-order chi connectivity index (χ0) is 24.5. The SMILES string of the molecule is COc1cc(CNC(=O)CNC(=O)c2ccc(-c3ccccc3)cc2)ccc1OCC1CCCO1. The second-order valence-electron chi connectivity index (χ2n) is 8.33. The fourth-order valence-electron chi connectivity index (χ4n) is 3.87. The van der Waals surface area contributed by atoms with E-state index in [1.54, 1.807) is 19.2 Å². The lowest BCUT2D eigenvalue weighted by molar-refractivity contribution is -0.120. The van der Waals surface area contributed by atoms with Gasteiger partial charge in [-0.25, -0.2) is 0 Å². The van der Waals surface area contributed by atoms with Crippen molar-refractivity contribution in [2.45, 2.75) is 25.5 Å². The van der Waals surface area contributed by atoms with E-state index in [4.69, 9.17) is 14.2 Å². The summed E-state index contributed by atoms with van der Waals surface area (Å²) in [5, 5.41) is 5.48. The van der Waals surface area contributed by atoms with Crippen LogP contribution in [0.15, 0.2) is 72.8 Å². The van der Waals surface area contributed by atoms with E-state index in [1.165, 1.54) is 0 Å². The fraction of sp³-hybridized carbons (Fsp3) is 0.286. The van der Waals surface area contributed by atoms with Crippen molar-refractivity contribution in [3.05, 3.63) is 83.9 Å². The first kappa shape index (κ1) is 24.3. The summed E-state index contributed by atoms with van der Waals surface area (Å²) in [6.07, 6.45) is 2.18. The average Bonchev–Trinajstić information content (AvgIpc) is 3.44. The zero-order valence-electron chi connectivity index (χ0n) is 19.8. The predicted octanol–water partition coefficient (Wildman–Crippen LogP) is 3.97. The van der Waals surface area contributed by atoms with Gasteiger partial charge in [-0.15, -0.1) is 0 Å². The van der Waals surface area contributed by atoms with Crippen LogP contribution in [0.25, 0.3) is 11.1 Å². The van der Waals surface area contributed by atoms with Crippen LogP contribution in [-0.4, -0.2) is 44.8 Å². The van der Waals surface area contributed by atoms with Crippen LogP contribution in [0.5, 0.6) is 11.5 Å². The summed E-state index contributed by atoms with van der Waals surface area (Å²) in [4.78, 5) is 24.7. The number of hydrogen-bond acceptors (Lipinski definition) is 5. The Bertz CT molecular complexity index is 1130. The van der Waals surface area contributed by atoms with E-state index in [2.05, 4.69) is 10.6 Å². The number of carbonyl (C=O) groups is 2. The number of methoxy groups -OCH3 is 1. The summed E-state index contributed by atoms with van der Waals surface area (Å²) < 4.78 is 16.9. The second kappa shape index (κ2) is 12.0. The molecule has 182 valence electrons. The Hall–Kier alpha value is -3.84. The van der Waals surface area contributed by atoms with Crippen molar-refractivity contribution in [1.82, 2.24) is 10.6 Å². The summed E-state index contributed by atoms with van der Waals surface area (Å²) in [5.41, 5.74) is 3.47. The van der Waals surface area contributed by atoms with Gasteiger partial charge in [-0.05, 0) is 53.8 Å². The summed E-state index contributed by atoms with van der Waals surface area (Å²) in [7, 11) is 1.58. The fourth-order valence-corrected chi connectivity index (χ4v) is 3.87. The molecule has 3 aromatic rings. The van der Waals surface area contributed by atoms with Crippen LogP contribution in [0.1, 0.15) is 28.8 Å². The van der Waals surface area contributed by atoms with Crippen molar-refractivity contribution in [2.75, 3.05) is 26.9 Å². The summed E-state index contributed by atoms with van der Waals surface area (Å²) in [5.74, 6) is 0.664. The number of rotatable bonds is 10. The molecule has 35 heavy (non-hydrogen) atoms. The summed E-state index contributed by atoms with van der Waals surface area (Å²) in [6, 6.07) is 22.8. The minimum Gasteiger partial charge on any atom is -0.493 e. The van der Waals surface area contributed by atoms with Gasteiger partial charge in [-0.2, -0.15) is 0 Å². The van der Waals surface area contributed by atoms with E-state index in [9.17, 15) is 9.59 Å². The number of carbonyl (C=O) groups excluding carboxylic acids is 2. The highest BCUT2D eigenvalue weighted by Gasteiger charge is 2.17. The van der Waals surface area contributed by atoms with Crippen LogP contribution in [-0.2, 0) is 16.1 Å². The van der Waals surface area contributed by atoms with Crippen LogP contribution in [0.3, 0.4) is 0 Å². The van der Waals surface area contributed by atoms with Crippen LogP contribution < -0.4 is 20.1 Å². The van der Waals surface area contributed by atoms with E-state index >= 15 is 0 Å². The topological polar surface area (TPSA) is 85.9 Å². The minimum absolute atomic E-state index is 0.112. The van der Waals surface area contributed by atoms with Gasteiger partial charge in [-0.3, -0.25) is 9.59 Å². The van der Waals surface area contributed by atoms with Crippen molar-refractivity contribution in [2.24, 2.45) is 0 Å². The molecule has 2 N–H and O–H groups in total. The average molecular weight is 475 g/mol. The van der Waals surface area contributed by atoms with Gasteiger partial charge in [0.15, 0.2) is 11.5 Å². The molecule has 4 rings (SSSR count). The van der Waals surface area contributed by atoms with E-state index in [1.807, 2.05) is 60.7 Å². The number of ether oxygens (including phenoxy) is 3. The first-order valence-electron chi connectivity index (χ1n) is 11.7. The molecule has 0 spiro atoms. The molecule has 1 aliphatic heterocycles. The molecular formula is C28H30N2O5. The van der Waals surface area contributed by atoms with E-state index in [-0.39, 0.29) is 24.5 Å². The first-order chi connectivity index (χ1) is 17.1. The maximum absolute atomic E-state index is 12.4. The maximum Gasteiger partial charge on any atom is 0.251 e. The Balaban J connectivity index is 1.23. The molecule has 2 amide bonds. The van der Waals surface area contributed by atoms with Gasteiger partial charge in [0.2, 0.25) is 5.91 Å². The molecule has 0 bridgehead atoms. The van der Waals surface area contributed by atoms with Gasteiger partial charge in [0.1, 0.15) is 6.61 Å². The van der Waals surface area contributed by atoms with Crippen LogP contribution in [0.2, 0.25) is 0 Å². The molecule has 7 nitrogen and oxygen atoms in total. The smallest absolute Gasteiger partial charge is 0.251 e. The third-order valence-electron chi connectivity index (χ3n) is 5.83. The molecule has 0 saturated carbocycles. The lowest BCUT2D eigenvalue weighted by Gasteiger charge is -2.15. The molecular weight excluding hydrogens is 444 g/mol. The van der Waals surface area contributed by atoms with Crippen LogP contribution in [0.4, 0.5) is 0 Å². The second-order valence-corrected chi connectivity index (χ2v) is 8.33. The Kier molecular flexibility index (Phi) is 8.35. The van der Waals surface area contributed by atoms with Crippen molar-refractivity contribution >= 4 is 11.8 Å². The standard InChI is InChI=1S/C28H30N2O5/c1-33-26-16-20(9-14-25(26)35-19-24-8-5-15-34-24)17-29-27(31)18-30-28(32)23-12-10-22(11-13-23)21-6-3-2-4-7-21/h2-4,6-7,9-14,16,24H,5,8,15,17-19H2,1H3,(H,29,31)(H,30,32). The van der Waals surface area contributed by atoms with E-state index < -0.39 is 0 Å². The molecule has 7 heteroatoms. The van der Waals surface area contributed by atoms with Gasteiger partial charge < -0.3 is 24.8 Å². The Labute approximate surface area is 205 Å². The summed E-state index contributed by atoms with van der Waals surface area (Å²) >= 11 is 0. The molecule has 0 radical (unpaired) electrons. The molecule has 1 fully saturated rings. The van der Waals surface area contributed by atoms with Crippen molar-refractivity contribution in [1.29, 1.82) is 0 Å². The van der Waals surface area contributed by atoms with Crippen molar-refractivity contribution < 1.29 is 23.8 Å². The third kappa shape index (κ3) is 6.83. The highest BCUT2D eigenvalue weighted by Crippen LogP contribution is 2.29. The number of benzene rings is 3. The lowest BCUT2D eigenvalue weighted by Crippen LogP contribution is -2.36. The van der Waals surface area contributed by atoms with Crippen LogP contribution in [0, 0.1) is 0 Å². The van der Waals surface area contributed by atoms with Gasteiger partial charge in [0, 0.05) is 18.7 Å². The Morgan fingerprint density at radius 1 is 0.943 bits per heavy atom. The molecule has 1 heterocycles. The van der Waals surface area contributed by atoms with Gasteiger partial charge >= 0.3 is 0 Å². The van der Waals surface area contributed by atoms with Crippen molar-refractivity contribution in [3.63, 3.8) is 0 Å². The molecule has 1 saturated heterocycles. The van der Waals surface area contributed by atoms with Gasteiger partial charge in [0.25, 0.3) is 5.91 Å². The monoisotopic (exact) mass is 474 g/mol. The number of amides is 2. The third-order valence-corrected chi connectivity index (χ3v) is 5.83. The quantitative estimate of drug-likeness (QED) is 0.465. The van der Waals surface area contributed by atoms with E-state index in [0.29, 0.717) is 30.2 Å². The van der Waals surface area contributed by atoms with Gasteiger partial charge in [0.05, 0.1) is 19.8 Å². The molecule has 1 atom stereocenters. The Morgan fingerprint density at radius 2 is 1.71 bits per heavy atom. The largest absolute Gasteiger partial charge is 0.493 e. The number of nitrogens with one attached hydrogen (secondary N) is 2. The normalized spacial score (nSPS) is 14.8. The van der Waals surface area contributed by atoms with E-state index in [0.717, 1.165) is 36.1 Å². The highest BCUT2D eigenvalue weighted by atomic mass is 16.5. The maximum atomic E-state index is 12.4. The molecule has 1 unspecified atom stereocenters. The number of hydrogen-bond donors (Lipinski definition) is 2. The highest BCUT2D eigenvalue weighted by molar-refractivity contribution is 5.96. The van der Waals surface area contributed by atoms with Crippen molar-refractivity contribution in [3.8, 4) is 22.6 Å². The predicted molar refractivity (Wildman–Crippen MR) is 134 cm³/mol. The van der Waals surface area contributed by atoms with Gasteiger partial charge in [-0.1, -0.05) is 48.5 Å². The summed E-state index contributed by atoms with van der Waals surface area (Å²) in [6.45, 7) is 1.47.